The van der Waals surface area contributed by atoms with Crippen LogP contribution in [0.25, 0.3) is 11.3 Å². The number of ether oxygens (including phenoxy) is 3. The topological polar surface area (TPSA) is 91.7 Å². The monoisotopic (exact) mass is 451 g/mol. The van der Waals surface area contributed by atoms with Crippen LogP contribution in [0.2, 0.25) is 0 Å². The summed E-state index contributed by atoms with van der Waals surface area (Å²) in [5.41, 5.74) is 1.07. The quantitative estimate of drug-likeness (QED) is 0.449. The van der Waals surface area contributed by atoms with Crippen molar-refractivity contribution in [2.45, 2.75) is 26.8 Å². The molecule has 1 heterocycles. The maximum Gasteiger partial charge on any atom is 0.267 e. The predicted molar refractivity (Wildman–Crippen MR) is 126 cm³/mol. The highest BCUT2D eigenvalue weighted by molar-refractivity contribution is 5.79. The van der Waals surface area contributed by atoms with Crippen LogP contribution in [0.3, 0.4) is 0 Å². The number of amides is 1. The van der Waals surface area contributed by atoms with E-state index in [2.05, 4.69) is 10.4 Å². The summed E-state index contributed by atoms with van der Waals surface area (Å²) in [7, 11) is 0. The Morgan fingerprint density at radius 3 is 2.00 bits per heavy atom. The van der Waals surface area contributed by atoms with E-state index in [0.29, 0.717) is 37.8 Å². The second kappa shape index (κ2) is 11.7. The molecule has 1 unspecified atom stereocenters. The van der Waals surface area contributed by atoms with E-state index < -0.39 is 6.04 Å². The smallest absolute Gasteiger partial charge is 0.267 e. The molecule has 2 aromatic carbocycles. The van der Waals surface area contributed by atoms with Gasteiger partial charge in [-0.15, -0.1) is 0 Å². The van der Waals surface area contributed by atoms with Gasteiger partial charge >= 0.3 is 0 Å². The van der Waals surface area contributed by atoms with Crippen LogP contribution >= 0.6 is 0 Å². The first-order valence-corrected chi connectivity index (χ1v) is 11.0. The normalized spacial score (nSPS) is 11.5. The maximum absolute atomic E-state index is 12.6. The Morgan fingerprint density at radius 1 is 0.879 bits per heavy atom. The van der Waals surface area contributed by atoms with Gasteiger partial charge in [-0.25, -0.2) is 4.68 Å². The Kier molecular flexibility index (Phi) is 8.46. The van der Waals surface area contributed by atoms with E-state index in [4.69, 9.17) is 14.2 Å². The number of nitrogens with zero attached hydrogens (tertiary/aromatic N) is 2. The van der Waals surface area contributed by atoms with Gasteiger partial charge in [0.15, 0.2) is 0 Å². The fourth-order valence-electron chi connectivity index (χ4n) is 3.15. The first-order valence-electron chi connectivity index (χ1n) is 11.0. The third-order valence-electron chi connectivity index (χ3n) is 4.84. The molecule has 0 radical (unpaired) electrons. The minimum absolute atomic E-state index is 0.293. The molecule has 1 amide bonds. The zero-order chi connectivity index (χ0) is 23.6. The van der Waals surface area contributed by atoms with E-state index >= 15 is 0 Å². The Bertz CT molecular complexity index is 1090. The maximum atomic E-state index is 12.6. The van der Waals surface area contributed by atoms with Crippen LogP contribution in [-0.2, 0) is 4.79 Å². The highest BCUT2D eigenvalue weighted by atomic mass is 16.5. The summed E-state index contributed by atoms with van der Waals surface area (Å²) in [6.45, 7) is 7.26. The summed E-state index contributed by atoms with van der Waals surface area (Å²) in [4.78, 5) is 24.9. The molecular weight excluding hydrogens is 422 g/mol. The van der Waals surface area contributed by atoms with Gasteiger partial charge in [0.05, 0.1) is 25.5 Å². The minimum atomic E-state index is -0.773. The van der Waals surface area contributed by atoms with Crippen LogP contribution in [0.15, 0.2) is 65.5 Å². The number of carbonyl (C=O) groups is 1. The first kappa shape index (κ1) is 23.8. The van der Waals surface area contributed by atoms with Crippen molar-refractivity contribution in [2.75, 3.05) is 26.4 Å². The summed E-state index contributed by atoms with van der Waals surface area (Å²) in [5, 5.41) is 7.18. The van der Waals surface area contributed by atoms with Gasteiger partial charge in [0.1, 0.15) is 29.9 Å². The zero-order valence-corrected chi connectivity index (χ0v) is 19.1. The van der Waals surface area contributed by atoms with E-state index in [1.54, 1.807) is 13.0 Å². The van der Waals surface area contributed by atoms with Gasteiger partial charge in [0, 0.05) is 11.6 Å². The molecule has 0 aliphatic rings. The van der Waals surface area contributed by atoms with Crippen molar-refractivity contribution in [3.63, 3.8) is 0 Å². The number of hydrogen-bond donors (Lipinski definition) is 1. The molecule has 0 spiro atoms. The molecule has 8 nitrogen and oxygen atoms in total. The van der Waals surface area contributed by atoms with Crippen LogP contribution in [0, 0.1) is 0 Å². The molecule has 0 fully saturated rings. The minimum Gasteiger partial charge on any atom is -0.494 e. The lowest BCUT2D eigenvalue weighted by Gasteiger charge is -2.15. The van der Waals surface area contributed by atoms with Crippen LogP contribution in [0.1, 0.15) is 26.8 Å². The lowest BCUT2D eigenvalue weighted by Crippen LogP contribution is -2.38. The van der Waals surface area contributed by atoms with Gasteiger partial charge in [0.25, 0.3) is 5.56 Å². The molecule has 3 rings (SSSR count). The van der Waals surface area contributed by atoms with E-state index in [9.17, 15) is 9.59 Å². The number of rotatable bonds is 11. The third-order valence-corrected chi connectivity index (χ3v) is 4.84. The lowest BCUT2D eigenvalue weighted by molar-refractivity contribution is -0.124. The average Bonchev–Trinajstić information content (AvgIpc) is 2.83. The first-order chi connectivity index (χ1) is 16.0. The fraction of sp³-hybridized carbons (Fsp3) is 0.320. The number of nitrogens with one attached hydrogen (secondary N) is 1. The van der Waals surface area contributed by atoms with E-state index in [1.165, 1.54) is 10.7 Å². The van der Waals surface area contributed by atoms with Crippen molar-refractivity contribution in [3.8, 4) is 28.5 Å². The number of benzene rings is 2. The van der Waals surface area contributed by atoms with Gasteiger partial charge in [-0.3, -0.25) is 9.59 Å². The molecule has 1 atom stereocenters. The van der Waals surface area contributed by atoms with Gasteiger partial charge in [-0.2, -0.15) is 5.10 Å². The second-order valence-corrected chi connectivity index (χ2v) is 7.18. The molecule has 8 heteroatoms. The van der Waals surface area contributed by atoms with E-state index in [-0.39, 0.29) is 11.5 Å². The Balaban J connectivity index is 1.57. The molecular formula is C25H29N3O5. The van der Waals surface area contributed by atoms with Crippen molar-refractivity contribution >= 4 is 5.91 Å². The highest BCUT2D eigenvalue weighted by Gasteiger charge is 2.17. The Labute approximate surface area is 193 Å². The summed E-state index contributed by atoms with van der Waals surface area (Å²) >= 11 is 0. The molecule has 0 aliphatic carbocycles. The number of hydrogen-bond acceptors (Lipinski definition) is 6. The molecule has 0 saturated heterocycles. The molecule has 0 aliphatic heterocycles. The predicted octanol–water partition coefficient (Wildman–Crippen LogP) is 3.46. The van der Waals surface area contributed by atoms with Crippen molar-refractivity contribution in [2.24, 2.45) is 0 Å². The van der Waals surface area contributed by atoms with Gasteiger partial charge < -0.3 is 19.5 Å². The summed E-state index contributed by atoms with van der Waals surface area (Å²) in [6.07, 6.45) is 0. The molecule has 174 valence electrons. The van der Waals surface area contributed by atoms with Crippen LogP contribution in [-0.4, -0.2) is 42.1 Å². The van der Waals surface area contributed by atoms with Gasteiger partial charge in [-0.05, 0) is 75.4 Å². The van der Waals surface area contributed by atoms with E-state index in [0.717, 1.165) is 17.1 Å². The largest absolute Gasteiger partial charge is 0.494 e. The summed E-state index contributed by atoms with van der Waals surface area (Å²) in [6, 6.07) is 17.0. The highest BCUT2D eigenvalue weighted by Crippen LogP contribution is 2.20. The lowest BCUT2D eigenvalue weighted by atomic mass is 10.1. The summed E-state index contributed by atoms with van der Waals surface area (Å²) < 4.78 is 17.7. The third kappa shape index (κ3) is 6.58. The zero-order valence-electron chi connectivity index (χ0n) is 19.1. The molecule has 0 saturated carbocycles. The standard InChI is InChI=1S/C25H29N3O5/c1-4-31-20-8-6-19(7-9-20)23-14-15-24(29)28(27-23)18(3)25(30)26-16-17-33-22-12-10-21(11-13-22)32-5-2/h6-15,18H,4-5,16-17H2,1-3H3,(H,26,30). The van der Waals surface area contributed by atoms with Gasteiger partial charge in [-0.1, -0.05) is 0 Å². The van der Waals surface area contributed by atoms with Crippen molar-refractivity contribution in [1.29, 1.82) is 0 Å². The molecule has 33 heavy (non-hydrogen) atoms. The van der Waals surface area contributed by atoms with E-state index in [1.807, 2.05) is 62.4 Å². The number of carbonyl (C=O) groups excluding carboxylic acids is 1. The fourth-order valence-corrected chi connectivity index (χ4v) is 3.15. The molecule has 1 N–H and O–H groups in total. The second-order valence-electron chi connectivity index (χ2n) is 7.18. The Morgan fingerprint density at radius 2 is 1.42 bits per heavy atom. The molecule has 1 aromatic heterocycles. The molecule has 3 aromatic rings. The summed E-state index contributed by atoms with van der Waals surface area (Å²) in [5.74, 6) is 1.90. The SMILES string of the molecule is CCOc1ccc(OCCNC(=O)C(C)n2nc(-c3ccc(OCC)cc3)ccc2=O)cc1. The molecule has 0 bridgehead atoms. The van der Waals surface area contributed by atoms with Crippen molar-refractivity contribution in [3.05, 3.63) is 71.0 Å². The number of aromatic nitrogens is 2. The van der Waals surface area contributed by atoms with Crippen molar-refractivity contribution < 1.29 is 19.0 Å². The Hall–Kier alpha value is -3.81. The van der Waals surface area contributed by atoms with Crippen LogP contribution in [0.4, 0.5) is 0 Å². The van der Waals surface area contributed by atoms with Crippen LogP contribution in [0.5, 0.6) is 17.2 Å². The van der Waals surface area contributed by atoms with Crippen LogP contribution < -0.4 is 25.1 Å². The van der Waals surface area contributed by atoms with Crippen molar-refractivity contribution in [1.82, 2.24) is 15.1 Å². The average molecular weight is 452 g/mol. The van der Waals surface area contributed by atoms with Gasteiger partial charge in [0.2, 0.25) is 5.91 Å².